The van der Waals surface area contributed by atoms with E-state index in [9.17, 15) is 53.9 Å². The minimum Gasteiger partial charge on any atom is -0.496 e. The second-order valence-corrected chi connectivity index (χ2v) is 13.6. The summed E-state index contributed by atoms with van der Waals surface area (Å²) in [5.41, 5.74) is -3.27. The van der Waals surface area contributed by atoms with Crippen LogP contribution in [0.25, 0.3) is 11.1 Å². The molecule has 3 atom stereocenters. The molecule has 3 aromatic rings. The van der Waals surface area contributed by atoms with Gasteiger partial charge in [-0.1, -0.05) is 24.6 Å². The minimum absolute atomic E-state index is 0.00970. The number of hydrogen-bond acceptors (Lipinski definition) is 6. The van der Waals surface area contributed by atoms with Crippen molar-refractivity contribution in [3.63, 3.8) is 0 Å². The van der Waals surface area contributed by atoms with Crippen LogP contribution < -0.4 is 4.74 Å². The van der Waals surface area contributed by atoms with E-state index < -0.39 is 76.3 Å². The van der Waals surface area contributed by atoms with Crippen LogP contribution in [0.4, 0.5) is 39.5 Å². The molecule has 0 radical (unpaired) electrons. The number of alkyl halides is 9. The zero-order valence-electron chi connectivity index (χ0n) is 29.2. The number of ketones is 2. The first kappa shape index (κ1) is 42.6. The highest BCUT2D eigenvalue weighted by Gasteiger charge is 2.39. The van der Waals surface area contributed by atoms with Crippen LogP contribution in [0, 0.1) is 11.8 Å². The summed E-state index contributed by atoms with van der Waals surface area (Å²) < 4.78 is 140. The Labute approximate surface area is 309 Å². The molecule has 1 aliphatic heterocycles. The Kier molecular flexibility index (Phi) is 13.5. The lowest BCUT2D eigenvalue weighted by atomic mass is 9.82. The topological polar surface area (TPSA) is 78.9 Å². The van der Waals surface area contributed by atoms with E-state index in [0.29, 0.717) is 28.8 Å². The van der Waals surface area contributed by atoms with E-state index in [1.54, 1.807) is 6.07 Å². The van der Waals surface area contributed by atoms with E-state index >= 15 is 0 Å². The van der Waals surface area contributed by atoms with E-state index in [-0.39, 0.29) is 74.1 Å². The zero-order valence-corrected chi connectivity index (χ0v) is 30.0. The maximum Gasteiger partial charge on any atom is 0.416 e. The smallest absolute Gasteiger partial charge is 0.416 e. The van der Waals surface area contributed by atoms with Crippen molar-refractivity contribution in [1.29, 1.82) is 0 Å². The summed E-state index contributed by atoms with van der Waals surface area (Å²) in [5, 5.41) is 0.221. The first-order valence-corrected chi connectivity index (χ1v) is 17.1. The Morgan fingerprint density at radius 3 is 2.04 bits per heavy atom. The Morgan fingerprint density at radius 2 is 1.46 bits per heavy atom. The lowest BCUT2D eigenvalue weighted by Crippen LogP contribution is -2.26. The van der Waals surface area contributed by atoms with E-state index in [1.165, 1.54) is 33.1 Å². The fourth-order valence-corrected chi connectivity index (χ4v) is 6.51. The van der Waals surface area contributed by atoms with Crippen LogP contribution in [0.15, 0.2) is 48.5 Å². The summed E-state index contributed by atoms with van der Waals surface area (Å²) in [6, 6.07) is 7.16. The SMILES string of the molecule is COc1cc(Cl)c(COCCCC(=O)C(C)=O)cc1-c1ccc(C(F)(F)F)cc1CC1CC[C@@H](C)[C@@H](c2cc(C(F)(F)F)cc(C(F)(F)F)c2)OC(=O)C1. The van der Waals surface area contributed by atoms with Gasteiger partial charge in [0, 0.05) is 37.0 Å². The summed E-state index contributed by atoms with van der Waals surface area (Å²) >= 11 is 6.46. The lowest BCUT2D eigenvalue weighted by molar-refractivity contribution is -0.155. The third-order valence-corrected chi connectivity index (χ3v) is 9.49. The summed E-state index contributed by atoms with van der Waals surface area (Å²) in [6.45, 7) is 2.73. The van der Waals surface area contributed by atoms with Gasteiger partial charge in [0.1, 0.15) is 11.9 Å². The van der Waals surface area contributed by atoms with Crippen LogP contribution in [-0.4, -0.2) is 31.3 Å². The monoisotopic (exact) mass is 794 g/mol. The number of ether oxygens (including phenoxy) is 3. The Bertz CT molecular complexity index is 1820. The van der Waals surface area contributed by atoms with Gasteiger partial charge in [0.15, 0.2) is 11.6 Å². The fourth-order valence-electron chi connectivity index (χ4n) is 6.30. The molecule has 1 unspecified atom stereocenters. The molecule has 0 spiro atoms. The predicted octanol–water partition coefficient (Wildman–Crippen LogP) is 10.8. The predicted molar refractivity (Wildman–Crippen MR) is 179 cm³/mol. The number of carbonyl (C=O) groups excluding carboxylic acids is 3. The van der Waals surface area contributed by atoms with Gasteiger partial charge in [-0.2, -0.15) is 39.5 Å². The van der Waals surface area contributed by atoms with Crippen molar-refractivity contribution in [3.05, 3.63) is 86.9 Å². The van der Waals surface area contributed by atoms with Crippen molar-refractivity contribution in [1.82, 2.24) is 0 Å². The first-order valence-electron chi connectivity index (χ1n) is 16.8. The molecule has 1 aliphatic rings. The van der Waals surface area contributed by atoms with Gasteiger partial charge in [0.2, 0.25) is 0 Å². The molecule has 0 amide bonds. The molecule has 1 heterocycles. The molecule has 4 rings (SSSR count). The Balaban J connectivity index is 1.63. The normalized spacial score (nSPS) is 18.5. The van der Waals surface area contributed by atoms with E-state index in [0.717, 1.165) is 12.1 Å². The number of carbonyl (C=O) groups is 3. The molecule has 294 valence electrons. The van der Waals surface area contributed by atoms with E-state index in [1.807, 2.05) is 0 Å². The number of esters is 1. The van der Waals surface area contributed by atoms with Crippen LogP contribution in [0.1, 0.15) is 85.4 Å². The third kappa shape index (κ3) is 11.0. The maximum absolute atomic E-state index is 14.0. The van der Waals surface area contributed by atoms with E-state index in [2.05, 4.69) is 0 Å². The van der Waals surface area contributed by atoms with Crippen molar-refractivity contribution < 1.29 is 68.1 Å². The van der Waals surface area contributed by atoms with Crippen LogP contribution >= 0.6 is 11.6 Å². The highest BCUT2D eigenvalue weighted by Crippen LogP contribution is 2.44. The van der Waals surface area contributed by atoms with Crippen LogP contribution in [0.3, 0.4) is 0 Å². The Morgan fingerprint density at radius 1 is 0.833 bits per heavy atom. The fraction of sp³-hybridized carbons (Fsp3) is 0.447. The van der Waals surface area contributed by atoms with Crippen molar-refractivity contribution >= 4 is 29.1 Å². The van der Waals surface area contributed by atoms with Gasteiger partial charge >= 0.3 is 24.5 Å². The molecule has 0 aliphatic carbocycles. The lowest BCUT2D eigenvalue weighted by Gasteiger charge is -2.31. The molecule has 54 heavy (non-hydrogen) atoms. The summed E-state index contributed by atoms with van der Waals surface area (Å²) in [4.78, 5) is 35.9. The molecular weight excluding hydrogens is 759 g/mol. The molecule has 0 bridgehead atoms. The minimum atomic E-state index is -5.11. The number of benzene rings is 3. The van der Waals surface area contributed by atoms with Crippen LogP contribution in [0.2, 0.25) is 5.02 Å². The number of cyclic esters (lactones) is 1. The number of methoxy groups -OCH3 is 1. The largest absolute Gasteiger partial charge is 0.496 e. The molecule has 3 aromatic carbocycles. The molecule has 1 fully saturated rings. The van der Waals surface area contributed by atoms with Crippen molar-refractivity contribution in [2.45, 2.75) is 83.6 Å². The van der Waals surface area contributed by atoms with Gasteiger partial charge in [0.05, 0.1) is 30.4 Å². The number of Topliss-reactive ketones (excluding diaryl/α,β-unsaturated/α-hetero) is 2. The molecular formula is C38H36ClF9O6. The highest BCUT2D eigenvalue weighted by molar-refractivity contribution is 6.36. The summed E-state index contributed by atoms with van der Waals surface area (Å²) in [5.74, 6) is -3.23. The standard InChI is InChI=1S/C38H36ClF9O6/c1-20-6-7-22(12-34(51)54-35(20)24-14-27(37(43,44)45)17-28(15-24)38(46,47)48)11-23-13-26(36(40,41)42)8-9-29(23)30-16-25(31(39)18-33(30)52-3)19-53-10-4-5-32(50)21(2)49/h8-9,13-18,20,22,35H,4-7,10-12,19H2,1-3H3/t20-,22?,35+/m1/s1. The van der Waals surface area contributed by atoms with Gasteiger partial charge in [-0.15, -0.1) is 0 Å². The van der Waals surface area contributed by atoms with Crippen LogP contribution in [-0.2, 0) is 55.4 Å². The highest BCUT2D eigenvalue weighted by atomic mass is 35.5. The van der Waals surface area contributed by atoms with Gasteiger partial charge in [-0.25, -0.2) is 0 Å². The quantitative estimate of drug-likeness (QED) is 0.0786. The van der Waals surface area contributed by atoms with Crippen molar-refractivity contribution in [2.75, 3.05) is 13.7 Å². The average molecular weight is 795 g/mol. The molecule has 0 aromatic heterocycles. The number of halogens is 10. The summed E-state index contributed by atoms with van der Waals surface area (Å²) in [6.07, 6.45) is -16.3. The molecule has 6 nitrogen and oxygen atoms in total. The second kappa shape index (κ2) is 17.1. The van der Waals surface area contributed by atoms with Crippen LogP contribution in [0.5, 0.6) is 5.75 Å². The Hall–Kier alpha value is -4.11. The molecule has 1 saturated heterocycles. The van der Waals surface area contributed by atoms with E-state index in [4.69, 9.17) is 25.8 Å². The third-order valence-electron chi connectivity index (χ3n) is 9.14. The molecule has 0 N–H and O–H groups in total. The zero-order chi connectivity index (χ0) is 40.2. The maximum atomic E-state index is 14.0. The summed E-state index contributed by atoms with van der Waals surface area (Å²) in [7, 11) is 1.34. The van der Waals surface area contributed by atoms with Gasteiger partial charge in [-0.3, -0.25) is 14.4 Å². The number of rotatable bonds is 12. The van der Waals surface area contributed by atoms with Gasteiger partial charge < -0.3 is 14.2 Å². The number of hydrogen-bond donors (Lipinski definition) is 0. The molecule has 0 saturated carbocycles. The van der Waals surface area contributed by atoms with Crippen molar-refractivity contribution in [2.24, 2.45) is 11.8 Å². The molecule has 16 heteroatoms. The first-order chi connectivity index (χ1) is 25.1. The average Bonchev–Trinajstić information content (AvgIpc) is 3.07. The van der Waals surface area contributed by atoms with Gasteiger partial charge in [0.25, 0.3) is 0 Å². The van der Waals surface area contributed by atoms with Crippen molar-refractivity contribution in [3.8, 4) is 16.9 Å². The second-order valence-electron chi connectivity index (χ2n) is 13.2. The van der Waals surface area contributed by atoms with Gasteiger partial charge in [-0.05, 0) is 102 Å².